The summed E-state index contributed by atoms with van der Waals surface area (Å²) in [7, 11) is 0. The number of hydrogen-bond donors (Lipinski definition) is 3. The zero-order valence-electron chi connectivity index (χ0n) is 19.2. The van der Waals surface area contributed by atoms with E-state index in [9.17, 15) is 9.90 Å². The average molecular weight is 443 g/mol. The third-order valence-corrected chi connectivity index (χ3v) is 4.91. The molecule has 2 aromatic carbocycles. The van der Waals surface area contributed by atoms with E-state index in [-0.39, 0.29) is 39.7 Å². The van der Waals surface area contributed by atoms with Crippen LogP contribution >= 0.6 is 11.6 Å². The lowest BCUT2D eigenvalue weighted by atomic mass is 10.1. The van der Waals surface area contributed by atoms with Crippen molar-refractivity contribution in [2.24, 2.45) is 0 Å². The second-order valence-electron chi connectivity index (χ2n) is 6.91. The lowest BCUT2D eigenvalue weighted by Gasteiger charge is -2.13. The summed E-state index contributed by atoms with van der Waals surface area (Å²) in [6.45, 7) is -0.934. The summed E-state index contributed by atoms with van der Waals surface area (Å²) in [5.41, 5.74) is 6.98. The molecular formula is C22H19ClFN5O2. The Balaban J connectivity index is 1.70. The molecule has 0 saturated carbocycles. The Morgan fingerprint density at radius 3 is 2.84 bits per heavy atom. The summed E-state index contributed by atoms with van der Waals surface area (Å²) >= 11 is 5.89. The third kappa shape index (κ3) is 3.95. The molecule has 2 heterocycles. The number of aliphatic hydroxyl groups excluding tert-OH is 1. The number of carbonyl (C=O) groups is 1. The van der Waals surface area contributed by atoms with Gasteiger partial charge in [-0.25, -0.2) is 14.4 Å². The molecule has 7 nitrogen and oxygen atoms in total. The monoisotopic (exact) mass is 442 g/mol. The number of rotatable bonds is 4. The van der Waals surface area contributed by atoms with Crippen LogP contribution in [0.25, 0.3) is 16.8 Å². The van der Waals surface area contributed by atoms with E-state index in [1.807, 2.05) is 0 Å². The normalized spacial score (nSPS) is 14.0. The molecule has 0 fully saturated rings. The van der Waals surface area contributed by atoms with E-state index in [2.05, 4.69) is 15.3 Å². The van der Waals surface area contributed by atoms with Gasteiger partial charge in [0.15, 0.2) is 6.10 Å². The van der Waals surface area contributed by atoms with Gasteiger partial charge in [-0.1, -0.05) is 23.7 Å². The first kappa shape index (κ1) is 17.2. The number of benzene rings is 2. The van der Waals surface area contributed by atoms with E-state index in [1.165, 1.54) is 34.9 Å². The number of fused-ring (bicyclic) bond motifs is 1. The van der Waals surface area contributed by atoms with Crippen LogP contribution in [0.5, 0.6) is 0 Å². The van der Waals surface area contributed by atoms with Crippen molar-refractivity contribution >= 4 is 34.5 Å². The third-order valence-electron chi connectivity index (χ3n) is 4.67. The van der Waals surface area contributed by atoms with Crippen LogP contribution < -0.4 is 11.1 Å². The number of nitrogens with two attached hydrogens (primary N) is 1. The van der Waals surface area contributed by atoms with E-state index in [0.717, 1.165) is 6.07 Å². The molecule has 0 aliphatic rings. The highest BCUT2D eigenvalue weighted by molar-refractivity contribution is 6.30. The average Bonchev–Trinajstić information content (AvgIpc) is 3.13. The molecule has 0 unspecified atom stereocenters. The van der Waals surface area contributed by atoms with Gasteiger partial charge in [-0.3, -0.25) is 9.20 Å². The van der Waals surface area contributed by atoms with Crippen LogP contribution in [-0.2, 0) is 4.79 Å². The molecule has 0 spiro atoms. The minimum Gasteiger partial charge on any atom is -0.382 e. The second-order valence-corrected chi connectivity index (χ2v) is 7.35. The summed E-state index contributed by atoms with van der Waals surface area (Å²) in [6.07, 6.45) is -0.0531. The minimum atomic E-state index is -2.58. The summed E-state index contributed by atoms with van der Waals surface area (Å²) < 4.78 is 39.7. The fourth-order valence-corrected chi connectivity index (χ4v) is 3.47. The van der Waals surface area contributed by atoms with Crippen LogP contribution in [0, 0.1) is 19.6 Å². The van der Waals surface area contributed by atoms with E-state index < -0.39 is 24.7 Å². The molecule has 0 saturated heterocycles. The Bertz CT molecular complexity index is 1420. The predicted molar refractivity (Wildman–Crippen MR) is 117 cm³/mol. The lowest BCUT2D eigenvalue weighted by molar-refractivity contribution is -0.124. The predicted octanol–water partition coefficient (Wildman–Crippen LogP) is 4.06. The number of nitrogens with one attached hydrogen (secondary N) is 1. The molecular weight excluding hydrogens is 421 g/mol. The SMILES string of the molecule is [2H]C([2H])([2H])c1nc(-c2ccc(NC(=O)[C@H](O)c3cccc(Cl)c3)cc2F)c2c(N)nc(C)cn12. The fraction of sp³-hybridized carbons (Fsp3) is 0.136. The van der Waals surface area contributed by atoms with Crippen LogP contribution in [0.4, 0.5) is 15.9 Å². The highest BCUT2D eigenvalue weighted by atomic mass is 35.5. The van der Waals surface area contributed by atoms with Crippen molar-refractivity contribution in [2.45, 2.75) is 19.9 Å². The largest absolute Gasteiger partial charge is 0.382 e. The summed E-state index contributed by atoms with van der Waals surface area (Å²) in [6, 6.07) is 9.95. The molecule has 0 bridgehead atoms. The van der Waals surface area contributed by atoms with E-state index in [4.69, 9.17) is 21.4 Å². The van der Waals surface area contributed by atoms with Crippen LogP contribution in [0.3, 0.4) is 0 Å². The summed E-state index contributed by atoms with van der Waals surface area (Å²) in [5, 5.41) is 13.1. The summed E-state index contributed by atoms with van der Waals surface area (Å²) in [5.74, 6) is -1.85. The first-order chi connectivity index (χ1) is 16.0. The maximum absolute atomic E-state index is 15.1. The number of nitrogens with zero attached hydrogens (tertiary/aromatic N) is 3. The number of anilines is 2. The summed E-state index contributed by atoms with van der Waals surface area (Å²) in [4.78, 5) is 20.7. The van der Waals surface area contributed by atoms with Crippen molar-refractivity contribution in [3.05, 3.63) is 76.6 Å². The van der Waals surface area contributed by atoms with Crippen LogP contribution in [-0.4, -0.2) is 25.4 Å². The number of halogens is 2. The quantitative estimate of drug-likeness (QED) is 0.442. The standard InChI is InChI=1S/C22H19ClFN5O2/c1-11-10-29-12(2)27-18(19(29)21(25)26-11)16-7-6-15(9-17(16)24)28-22(31)20(30)13-4-3-5-14(23)8-13/h3-10,20,30H,1-2H3,(H2,25,26)(H,28,31)/t20-/m1/s1/i2D3. The van der Waals surface area contributed by atoms with Crippen LogP contribution in [0.2, 0.25) is 5.02 Å². The highest BCUT2D eigenvalue weighted by Gasteiger charge is 2.20. The Morgan fingerprint density at radius 2 is 2.13 bits per heavy atom. The van der Waals surface area contributed by atoms with Gasteiger partial charge in [-0.05, 0) is 49.7 Å². The topological polar surface area (TPSA) is 106 Å². The van der Waals surface area contributed by atoms with E-state index in [1.54, 1.807) is 19.1 Å². The smallest absolute Gasteiger partial charge is 0.257 e. The maximum atomic E-state index is 15.1. The molecule has 4 N–H and O–H groups in total. The minimum absolute atomic E-state index is 0.000534. The van der Waals surface area contributed by atoms with Crippen LogP contribution in [0.15, 0.2) is 48.7 Å². The van der Waals surface area contributed by atoms with Gasteiger partial charge in [0.05, 0.1) is 5.69 Å². The second kappa shape index (κ2) is 7.98. The van der Waals surface area contributed by atoms with Gasteiger partial charge in [-0.15, -0.1) is 0 Å². The number of hydrogen-bond acceptors (Lipinski definition) is 5. The molecule has 1 amide bonds. The maximum Gasteiger partial charge on any atom is 0.257 e. The molecule has 1 atom stereocenters. The van der Waals surface area contributed by atoms with Gasteiger partial charge in [-0.2, -0.15) is 0 Å². The Morgan fingerprint density at radius 1 is 1.32 bits per heavy atom. The number of aryl methyl sites for hydroxylation is 2. The zero-order chi connectivity index (χ0) is 24.8. The van der Waals surface area contributed by atoms with Gasteiger partial charge in [0.25, 0.3) is 5.91 Å². The molecule has 0 aliphatic heterocycles. The van der Waals surface area contributed by atoms with Crippen LogP contribution in [0.1, 0.15) is 27.3 Å². The lowest BCUT2D eigenvalue weighted by Crippen LogP contribution is -2.20. The van der Waals surface area contributed by atoms with Crippen molar-refractivity contribution in [3.8, 4) is 11.3 Å². The number of amides is 1. The van der Waals surface area contributed by atoms with Crippen molar-refractivity contribution in [1.82, 2.24) is 14.4 Å². The molecule has 0 radical (unpaired) electrons. The van der Waals surface area contributed by atoms with Crippen molar-refractivity contribution in [1.29, 1.82) is 0 Å². The van der Waals surface area contributed by atoms with Gasteiger partial charge in [0, 0.05) is 26.6 Å². The molecule has 4 rings (SSSR count). The van der Waals surface area contributed by atoms with Crippen molar-refractivity contribution < 1.29 is 18.4 Å². The number of aromatic nitrogens is 3. The number of imidazole rings is 1. The Kier molecular flexibility index (Phi) is 4.43. The molecule has 158 valence electrons. The Hall–Kier alpha value is -3.49. The fourth-order valence-electron chi connectivity index (χ4n) is 3.27. The molecule has 31 heavy (non-hydrogen) atoms. The zero-order valence-corrected chi connectivity index (χ0v) is 17.0. The molecule has 0 aliphatic carbocycles. The number of nitrogen functional groups attached to an aromatic ring is 1. The molecule has 9 heteroatoms. The number of carbonyl (C=O) groups excluding carboxylic acids is 1. The molecule has 4 aromatic rings. The van der Waals surface area contributed by atoms with Gasteiger partial charge < -0.3 is 16.2 Å². The van der Waals surface area contributed by atoms with E-state index >= 15 is 4.39 Å². The molecule has 2 aromatic heterocycles. The Labute approximate surface area is 186 Å². The van der Waals surface area contributed by atoms with Crippen molar-refractivity contribution in [3.63, 3.8) is 0 Å². The van der Waals surface area contributed by atoms with Gasteiger partial charge in [0.1, 0.15) is 28.7 Å². The van der Waals surface area contributed by atoms with E-state index in [0.29, 0.717) is 10.7 Å². The first-order valence-corrected chi connectivity index (χ1v) is 9.53. The highest BCUT2D eigenvalue weighted by Crippen LogP contribution is 2.31. The van der Waals surface area contributed by atoms with Crippen molar-refractivity contribution in [2.75, 3.05) is 11.1 Å². The first-order valence-electron chi connectivity index (χ1n) is 10.7. The van der Waals surface area contributed by atoms with Gasteiger partial charge in [0.2, 0.25) is 0 Å². The number of aliphatic hydroxyl groups is 1. The van der Waals surface area contributed by atoms with Gasteiger partial charge >= 0.3 is 0 Å².